The topological polar surface area (TPSA) is 73.3 Å². The first-order chi connectivity index (χ1) is 12.9. The first-order valence-electron chi connectivity index (χ1n) is 7.82. The van der Waals surface area contributed by atoms with Crippen molar-refractivity contribution in [2.75, 3.05) is 6.61 Å². The number of ether oxygens (including phenoxy) is 2. The fourth-order valence-corrected chi connectivity index (χ4v) is 2.39. The summed E-state index contributed by atoms with van der Waals surface area (Å²) in [5.41, 5.74) is 1.45. The third kappa shape index (κ3) is 4.63. The fourth-order valence-electron chi connectivity index (χ4n) is 2.39. The maximum atomic E-state index is 12.3. The predicted molar refractivity (Wildman–Crippen MR) is 90.7 cm³/mol. The van der Waals surface area contributed by atoms with Crippen molar-refractivity contribution in [2.45, 2.75) is 12.9 Å². The van der Waals surface area contributed by atoms with Crippen LogP contribution < -0.4 is 14.8 Å². The molecule has 0 saturated carbocycles. The molecule has 1 aromatic carbocycles. The van der Waals surface area contributed by atoms with E-state index in [4.69, 9.17) is 4.74 Å². The van der Waals surface area contributed by atoms with Crippen LogP contribution >= 0.6 is 0 Å². The van der Waals surface area contributed by atoms with Crippen LogP contribution in [0.5, 0.6) is 11.5 Å². The van der Waals surface area contributed by atoms with E-state index < -0.39 is 6.36 Å². The molecule has 1 N–H and O–H groups in total. The van der Waals surface area contributed by atoms with E-state index in [2.05, 4.69) is 26.6 Å². The molecule has 0 radical (unpaired) electrons. The third-order valence-corrected chi connectivity index (χ3v) is 3.51. The van der Waals surface area contributed by atoms with Gasteiger partial charge in [0.1, 0.15) is 29.6 Å². The number of hydrogen-bond donors (Lipinski definition) is 1. The highest BCUT2D eigenvalue weighted by Crippen LogP contribution is 2.34. The van der Waals surface area contributed by atoms with E-state index in [1.54, 1.807) is 12.2 Å². The maximum absolute atomic E-state index is 12.3. The molecule has 140 valence electrons. The molecule has 9 heteroatoms. The molecule has 0 unspecified atom stereocenters. The SMILES string of the molecule is C=CC(=O)NCc1nc2c(c(-c3ccc(OC(F)(F)F)cc3)n1)OCC=C2. The van der Waals surface area contributed by atoms with Crippen molar-refractivity contribution in [3.8, 4) is 22.8 Å². The zero-order chi connectivity index (χ0) is 19.4. The van der Waals surface area contributed by atoms with Crippen LogP contribution in [0.3, 0.4) is 0 Å². The highest BCUT2D eigenvalue weighted by Gasteiger charge is 2.31. The minimum Gasteiger partial charge on any atom is -0.485 e. The zero-order valence-electron chi connectivity index (χ0n) is 13.9. The average molecular weight is 377 g/mol. The van der Waals surface area contributed by atoms with E-state index in [1.165, 1.54) is 24.3 Å². The summed E-state index contributed by atoms with van der Waals surface area (Å²) in [6, 6.07) is 5.26. The molecule has 27 heavy (non-hydrogen) atoms. The normalized spacial score (nSPS) is 12.7. The molecule has 2 heterocycles. The Hall–Kier alpha value is -3.36. The Morgan fingerprint density at radius 2 is 2.04 bits per heavy atom. The number of carbonyl (C=O) groups is 1. The van der Waals surface area contributed by atoms with Gasteiger partial charge in [-0.2, -0.15) is 0 Å². The number of amides is 1. The quantitative estimate of drug-likeness (QED) is 0.810. The highest BCUT2D eigenvalue weighted by molar-refractivity contribution is 5.86. The third-order valence-electron chi connectivity index (χ3n) is 3.51. The van der Waals surface area contributed by atoms with Gasteiger partial charge in [-0.3, -0.25) is 4.79 Å². The molecule has 1 aromatic heterocycles. The molecule has 6 nitrogen and oxygen atoms in total. The van der Waals surface area contributed by atoms with Crippen molar-refractivity contribution in [3.05, 3.63) is 54.5 Å². The number of nitrogens with zero attached hydrogens (tertiary/aromatic N) is 2. The first kappa shape index (κ1) is 18.4. The van der Waals surface area contributed by atoms with E-state index in [1.807, 2.05) is 0 Å². The Morgan fingerprint density at radius 1 is 1.30 bits per heavy atom. The van der Waals surface area contributed by atoms with Crippen LogP contribution in [0.4, 0.5) is 13.2 Å². The molecule has 0 saturated heterocycles. The van der Waals surface area contributed by atoms with Gasteiger partial charge in [0.05, 0.1) is 6.54 Å². The second kappa shape index (κ2) is 7.48. The van der Waals surface area contributed by atoms with Crippen LogP contribution in [-0.4, -0.2) is 28.8 Å². The van der Waals surface area contributed by atoms with Crippen LogP contribution in [0, 0.1) is 0 Å². The predicted octanol–water partition coefficient (Wildman–Crippen LogP) is 3.25. The van der Waals surface area contributed by atoms with Gasteiger partial charge >= 0.3 is 6.36 Å². The van der Waals surface area contributed by atoms with Gasteiger partial charge in [-0.1, -0.05) is 6.58 Å². The van der Waals surface area contributed by atoms with Gasteiger partial charge < -0.3 is 14.8 Å². The summed E-state index contributed by atoms with van der Waals surface area (Å²) in [5.74, 6) is 0.0253. The molecule has 1 aliphatic rings. The summed E-state index contributed by atoms with van der Waals surface area (Å²) in [7, 11) is 0. The summed E-state index contributed by atoms with van der Waals surface area (Å²) >= 11 is 0. The van der Waals surface area contributed by atoms with E-state index in [0.29, 0.717) is 35.1 Å². The minimum absolute atomic E-state index is 0.0637. The van der Waals surface area contributed by atoms with E-state index in [0.717, 1.165) is 6.08 Å². The van der Waals surface area contributed by atoms with Crippen molar-refractivity contribution in [1.82, 2.24) is 15.3 Å². The van der Waals surface area contributed by atoms with Crippen molar-refractivity contribution in [1.29, 1.82) is 0 Å². The van der Waals surface area contributed by atoms with Crippen molar-refractivity contribution in [2.24, 2.45) is 0 Å². The minimum atomic E-state index is -4.76. The molecule has 3 rings (SSSR count). The summed E-state index contributed by atoms with van der Waals surface area (Å²) < 4.78 is 46.4. The van der Waals surface area contributed by atoms with Crippen LogP contribution in [0.15, 0.2) is 43.0 Å². The second-order valence-corrected chi connectivity index (χ2v) is 5.41. The lowest BCUT2D eigenvalue weighted by Gasteiger charge is -2.17. The maximum Gasteiger partial charge on any atom is 0.573 e. The molecule has 0 fully saturated rings. The number of benzene rings is 1. The van der Waals surface area contributed by atoms with Crippen LogP contribution in [-0.2, 0) is 11.3 Å². The molecule has 0 aliphatic carbocycles. The smallest absolute Gasteiger partial charge is 0.485 e. The van der Waals surface area contributed by atoms with Gasteiger partial charge in [0.25, 0.3) is 0 Å². The van der Waals surface area contributed by atoms with Crippen LogP contribution in [0.25, 0.3) is 17.3 Å². The van der Waals surface area contributed by atoms with Crippen LogP contribution in [0.2, 0.25) is 0 Å². The molecular weight excluding hydrogens is 363 g/mol. The number of nitrogens with one attached hydrogen (secondary N) is 1. The Bertz CT molecular complexity index is 893. The number of hydrogen-bond acceptors (Lipinski definition) is 5. The number of alkyl halides is 3. The lowest BCUT2D eigenvalue weighted by Crippen LogP contribution is -2.22. The van der Waals surface area contributed by atoms with Gasteiger partial charge in [0.15, 0.2) is 5.75 Å². The van der Waals surface area contributed by atoms with Crippen molar-refractivity contribution < 1.29 is 27.4 Å². The lowest BCUT2D eigenvalue weighted by molar-refractivity contribution is -0.274. The van der Waals surface area contributed by atoms with Crippen molar-refractivity contribution >= 4 is 12.0 Å². The molecule has 1 amide bonds. The Balaban J connectivity index is 1.94. The van der Waals surface area contributed by atoms with Crippen molar-refractivity contribution in [3.63, 3.8) is 0 Å². The standard InChI is InChI=1S/C18H14F3N3O3/c1-2-15(25)22-10-14-23-13-4-3-9-26-17(13)16(24-14)11-5-7-12(8-6-11)27-18(19,20)21/h2-8H,1,9-10H2,(H,22,25). The summed E-state index contributed by atoms with van der Waals surface area (Å²) in [5, 5.41) is 2.58. The van der Waals surface area contributed by atoms with E-state index in [-0.39, 0.29) is 18.2 Å². The lowest BCUT2D eigenvalue weighted by atomic mass is 10.1. The number of halogens is 3. The molecule has 1 aliphatic heterocycles. The van der Waals surface area contributed by atoms with Gasteiger partial charge in [0.2, 0.25) is 5.91 Å². The monoisotopic (exact) mass is 377 g/mol. The molecular formula is C18H14F3N3O3. The molecule has 0 bridgehead atoms. The number of fused-ring (bicyclic) bond motifs is 1. The average Bonchev–Trinajstić information content (AvgIpc) is 2.65. The van der Waals surface area contributed by atoms with E-state index >= 15 is 0 Å². The second-order valence-electron chi connectivity index (χ2n) is 5.41. The summed E-state index contributed by atoms with van der Waals surface area (Å²) in [6.07, 6.45) is -0.114. The first-order valence-corrected chi connectivity index (χ1v) is 7.82. The van der Waals surface area contributed by atoms with Gasteiger partial charge in [-0.25, -0.2) is 9.97 Å². The number of rotatable bonds is 5. The van der Waals surface area contributed by atoms with Gasteiger partial charge in [-0.15, -0.1) is 13.2 Å². The molecule has 2 aromatic rings. The number of aromatic nitrogens is 2. The summed E-state index contributed by atoms with van der Waals surface area (Å²) in [4.78, 5) is 20.1. The molecule has 0 spiro atoms. The van der Waals surface area contributed by atoms with Gasteiger partial charge in [0, 0.05) is 5.56 Å². The number of carbonyl (C=O) groups excluding carboxylic acids is 1. The Kier molecular flexibility index (Phi) is 5.11. The van der Waals surface area contributed by atoms with Gasteiger partial charge in [-0.05, 0) is 42.5 Å². The Morgan fingerprint density at radius 3 is 2.70 bits per heavy atom. The highest BCUT2D eigenvalue weighted by atomic mass is 19.4. The Labute approximate surface area is 152 Å². The zero-order valence-corrected chi connectivity index (χ0v) is 13.9. The largest absolute Gasteiger partial charge is 0.573 e. The fraction of sp³-hybridized carbons (Fsp3) is 0.167. The summed E-state index contributed by atoms with van der Waals surface area (Å²) in [6.45, 7) is 3.75. The molecule has 0 atom stereocenters. The van der Waals surface area contributed by atoms with Crippen LogP contribution in [0.1, 0.15) is 11.5 Å². The van der Waals surface area contributed by atoms with E-state index in [9.17, 15) is 18.0 Å².